The highest BCUT2D eigenvalue weighted by Crippen LogP contribution is 2.18. The molecule has 1 fully saturated rings. The summed E-state index contributed by atoms with van der Waals surface area (Å²) < 4.78 is 0.991. The van der Waals surface area contributed by atoms with Gasteiger partial charge in [-0.3, -0.25) is 4.79 Å². The summed E-state index contributed by atoms with van der Waals surface area (Å²) in [6, 6.07) is 9.67. The molecule has 0 radical (unpaired) electrons. The smallest absolute Gasteiger partial charge is 0.255 e. The van der Waals surface area contributed by atoms with Crippen molar-refractivity contribution < 1.29 is 4.79 Å². The number of carbonyl (C=O) groups is 1. The molecule has 132 valence electrons. The monoisotopic (exact) mass is 451 g/mol. The molecule has 6 nitrogen and oxygen atoms in total. The van der Waals surface area contributed by atoms with Crippen LogP contribution in [0.4, 0.5) is 11.8 Å². The predicted octanol–water partition coefficient (Wildman–Crippen LogP) is 2.78. The summed E-state index contributed by atoms with van der Waals surface area (Å²) in [6.07, 6.45) is 0. The number of nitrogens with zero attached hydrogens (tertiary/aromatic N) is 4. The summed E-state index contributed by atoms with van der Waals surface area (Å²) in [4.78, 5) is 25.9. The first kappa shape index (κ1) is 17.9. The molecule has 1 aromatic heterocycles. The van der Waals surface area contributed by atoms with Crippen LogP contribution >= 0.6 is 22.6 Å². The Morgan fingerprint density at radius 3 is 2.60 bits per heavy atom. The molecule has 0 bridgehead atoms. The predicted molar refractivity (Wildman–Crippen MR) is 108 cm³/mol. The van der Waals surface area contributed by atoms with E-state index in [9.17, 15) is 4.79 Å². The average molecular weight is 451 g/mol. The first-order valence-corrected chi connectivity index (χ1v) is 9.54. The van der Waals surface area contributed by atoms with Gasteiger partial charge in [0.2, 0.25) is 5.95 Å². The molecule has 0 unspecified atom stereocenters. The van der Waals surface area contributed by atoms with E-state index in [-0.39, 0.29) is 5.91 Å². The van der Waals surface area contributed by atoms with Gasteiger partial charge in [0, 0.05) is 48.1 Å². The van der Waals surface area contributed by atoms with Crippen LogP contribution in [0.15, 0.2) is 30.3 Å². The molecule has 1 saturated heterocycles. The van der Waals surface area contributed by atoms with Crippen molar-refractivity contribution in [2.75, 3.05) is 42.9 Å². The van der Waals surface area contributed by atoms with Gasteiger partial charge in [0.05, 0.1) is 5.56 Å². The summed E-state index contributed by atoms with van der Waals surface area (Å²) >= 11 is 2.22. The van der Waals surface area contributed by atoms with Crippen LogP contribution in [0.2, 0.25) is 0 Å². The highest BCUT2D eigenvalue weighted by Gasteiger charge is 2.24. The van der Waals surface area contributed by atoms with Crippen molar-refractivity contribution in [2.45, 2.75) is 13.8 Å². The van der Waals surface area contributed by atoms with Gasteiger partial charge in [-0.15, -0.1) is 0 Å². The van der Waals surface area contributed by atoms with Crippen molar-refractivity contribution in [3.63, 3.8) is 0 Å². The molecule has 1 N–H and O–H groups in total. The number of aryl methyl sites for hydroxylation is 1. The van der Waals surface area contributed by atoms with E-state index in [0.29, 0.717) is 13.1 Å². The molecule has 0 aliphatic carbocycles. The first-order valence-electron chi connectivity index (χ1n) is 8.47. The molecule has 7 heteroatoms. The fourth-order valence-corrected chi connectivity index (χ4v) is 3.50. The van der Waals surface area contributed by atoms with Crippen molar-refractivity contribution in [1.29, 1.82) is 0 Å². The molecule has 3 rings (SSSR count). The Bertz CT molecular complexity index is 759. The van der Waals surface area contributed by atoms with Crippen molar-refractivity contribution in [3.8, 4) is 0 Å². The topological polar surface area (TPSA) is 61.4 Å². The number of carbonyl (C=O) groups excluding carboxylic acids is 1. The molecule has 1 aliphatic heterocycles. The van der Waals surface area contributed by atoms with E-state index in [4.69, 9.17) is 0 Å². The number of anilines is 2. The van der Waals surface area contributed by atoms with E-state index in [1.54, 1.807) is 0 Å². The summed E-state index contributed by atoms with van der Waals surface area (Å²) in [7, 11) is 0. The van der Waals surface area contributed by atoms with Crippen molar-refractivity contribution in [2.24, 2.45) is 0 Å². The highest BCUT2D eigenvalue weighted by molar-refractivity contribution is 14.1. The standard InChI is InChI=1S/C18H22IN5O/c1-3-20-16-12-13(2)21-18(22-16)24-10-8-23(9-11-24)17(25)14-6-4-5-7-15(14)19/h4-7,12H,3,8-11H2,1-2H3,(H,20,21,22). The molecule has 1 aliphatic rings. The maximum atomic E-state index is 12.7. The highest BCUT2D eigenvalue weighted by atomic mass is 127. The maximum Gasteiger partial charge on any atom is 0.255 e. The molecule has 0 saturated carbocycles. The van der Waals surface area contributed by atoms with Crippen LogP contribution in [0.1, 0.15) is 23.0 Å². The average Bonchev–Trinajstić information content (AvgIpc) is 2.61. The van der Waals surface area contributed by atoms with Crippen LogP contribution < -0.4 is 10.2 Å². The molecule has 2 aromatic rings. The van der Waals surface area contributed by atoms with Crippen LogP contribution in [0, 0.1) is 10.5 Å². The Morgan fingerprint density at radius 2 is 1.92 bits per heavy atom. The molecule has 0 spiro atoms. The minimum absolute atomic E-state index is 0.100. The third kappa shape index (κ3) is 4.20. The van der Waals surface area contributed by atoms with Crippen molar-refractivity contribution >= 4 is 40.3 Å². The Labute approximate surface area is 161 Å². The van der Waals surface area contributed by atoms with Crippen molar-refractivity contribution in [1.82, 2.24) is 14.9 Å². The van der Waals surface area contributed by atoms with E-state index >= 15 is 0 Å². The van der Waals surface area contributed by atoms with Crippen LogP contribution in [-0.4, -0.2) is 53.5 Å². The van der Waals surface area contributed by atoms with Gasteiger partial charge >= 0.3 is 0 Å². The minimum Gasteiger partial charge on any atom is -0.370 e. The van der Waals surface area contributed by atoms with Gasteiger partial charge in [0.15, 0.2) is 0 Å². The Hall–Kier alpha value is -1.90. The van der Waals surface area contributed by atoms with E-state index in [1.165, 1.54) is 0 Å². The maximum absolute atomic E-state index is 12.7. The van der Waals surface area contributed by atoms with Gasteiger partial charge < -0.3 is 15.1 Å². The van der Waals surface area contributed by atoms with Crippen LogP contribution in [-0.2, 0) is 0 Å². The summed E-state index contributed by atoms with van der Waals surface area (Å²) in [5.41, 5.74) is 1.72. The van der Waals surface area contributed by atoms with Gasteiger partial charge in [0.25, 0.3) is 5.91 Å². The van der Waals surface area contributed by atoms with Crippen LogP contribution in [0.5, 0.6) is 0 Å². The quantitative estimate of drug-likeness (QED) is 0.725. The summed E-state index contributed by atoms with van der Waals surface area (Å²) in [6.45, 7) is 7.69. The zero-order valence-corrected chi connectivity index (χ0v) is 16.7. The van der Waals surface area contributed by atoms with Gasteiger partial charge in [-0.1, -0.05) is 12.1 Å². The second-order valence-corrected chi connectivity index (χ2v) is 7.15. The van der Waals surface area contributed by atoms with Gasteiger partial charge in [-0.2, -0.15) is 4.98 Å². The zero-order chi connectivity index (χ0) is 17.8. The zero-order valence-electron chi connectivity index (χ0n) is 14.5. The number of hydrogen-bond donors (Lipinski definition) is 1. The number of amides is 1. The minimum atomic E-state index is 0.100. The Morgan fingerprint density at radius 1 is 1.20 bits per heavy atom. The van der Waals surface area contributed by atoms with Gasteiger partial charge in [-0.25, -0.2) is 4.98 Å². The molecule has 0 atom stereocenters. The number of benzene rings is 1. The molecule has 2 heterocycles. The molecule has 1 amide bonds. The number of hydrogen-bond acceptors (Lipinski definition) is 5. The van der Waals surface area contributed by atoms with Gasteiger partial charge in [-0.05, 0) is 48.6 Å². The number of piperazine rings is 1. The number of aromatic nitrogens is 2. The van der Waals surface area contributed by atoms with E-state index in [2.05, 4.69) is 42.8 Å². The Kier molecular flexibility index (Phi) is 5.72. The molecular formula is C18H22IN5O. The van der Waals surface area contributed by atoms with E-state index in [1.807, 2.05) is 49.1 Å². The SMILES string of the molecule is CCNc1cc(C)nc(N2CCN(C(=O)c3ccccc3I)CC2)n1. The lowest BCUT2D eigenvalue weighted by Gasteiger charge is -2.35. The van der Waals surface area contributed by atoms with Gasteiger partial charge in [0.1, 0.15) is 5.82 Å². The van der Waals surface area contributed by atoms with Crippen molar-refractivity contribution in [3.05, 3.63) is 45.2 Å². The molecule has 1 aromatic carbocycles. The lowest BCUT2D eigenvalue weighted by Crippen LogP contribution is -2.49. The molecular weight excluding hydrogens is 429 g/mol. The summed E-state index contributed by atoms with van der Waals surface area (Å²) in [5, 5.41) is 3.24. The fraction of sp³-hybridized carbons (Fsp3) is 0.389. The largest absolute Gasteiger partial charge is 0.370 e. The lowest BCUT2D eigenvalue weighted by molar-refractivity contribution is 0.0745. The number of rotatable bonds is 4. The van der Waals surface area contributed by atoms with Crippen LogP contribution in [0.3, 0.4) is 0 Å². The van der Waals surface area contributed by atoms with E-state index in [0.717, 1.165) is 46.2 Å². The normalized spacial score (nSPS) is 14.5. The van der Waals surface area contributed by atoms with E-state index < -0.39 is 0 Å². The molecule has 25 heavy (non-hydrogen) atoms. The number of halogens is 1. The number of nitrogens with one attached hydrogen (secondary N) is 1. The first-order chi connectivity index (χ1) is 12.1. The van der Waals surface area contributed by atoms with Crippen LogP contribution in [0.25, 0.3) is 0 Å². The third-order valence-electron chi connectivity index (χ3n) is 4.15. The third-order valence-corrected chi connectivity index (χ3v) is 5.09. The second kappa shape index (κ2) is 7.99. The lowest BCUT2D eigenvalue weighted by atomic mass is 10.2. The fourth-order valence-electron chi connectivity index (χ4n) is 2.88. The summed E-state index contributed by atoms with van der Waals surface area (Å²) in [5.74, 6) is 1.68. The second-order valence-electron chi connectivity index (χ2n) is 5.98. The Balaban J connectivity index is 1.68.